The molecule has 3 aliphatic rings. The molecule has 16 heavy (non-hydrogen) atoms. The summed E-state index contributed by atoms with van der Waals surface area (Å²) in [6.45, 7) is 3.89. The van der Waals surface area contributed by atoms with E-state index >= 15 is 0 Å². The second-order valence-corrected chi connectivity index (χ2v) is 5.05. The van der Waals surface area contributed by atoms with Crippen LogP contribution in [-0.2, 0) is 14.3 Å². The Bertz CT molecular complexity index is 458. The fourth-order valence-corrected chi connectivity index (χ4v) is 3.35. The molecule has 3 atom stereocenters. The average molecular weight is 218 g/mol. The van der Waals surface area contributed by atoms with Gasteiger partial charge in [0.25, 0.3) is 0 Å². The molecule has 1 aliphatic heterocycles. The third-order valence-corrected chi connectivity index (χ3v) is 4.07. The molecule has 0 aromatic rings. The lowest BCUT2D eigenvalue weighted by atomic mass is 9.78. The van der Waals surface area contributed by atoms with Crippen molar-refractivity contribution in [2.24, 2.45) is 11.8 Å². The highest BCUT2D eigenvalue weighted by atomic mass is 16.6. The summed E-state index contributed by atoms with van der Waals surface area (Å²) in [7, 11) is 0. The number of rotatable bonds is 0. The predicted molar refractivity (Wildman–Crippen MR) is 57.6 cm³/mol. The van der Waals surface area contributed by atoms with Gasteiger partial charge in [0.15, 0.2) is 5.60 Å². The van der Waals surface area contributed by atoms with Crippen LogP contribution in [-0.4, -0.2) is 17.4 Å². The number of carbonyl (C=O) groups excluding carboxylic acids is 2. The summed E-state index contributed by atoms with van der Waals surface area (Å²) in [5.41, 5.74) is 0.770. The first-order valence-electron chi connectivity index (χ1n) is 5.71. The van der Waals surface area contributed by atoms with Crippen LogP contribution in [0.4, 0.5) is 0 Å². The van der Waals surface area contributed by atoms with Crippen molar-refractivity contribution in [3.05, 3.63) is 23.3 Å². The second-order valence-electron chi connectivity index (χ2n) is 5.05. The lowest BCUT2D eigenvalue weighted by molar-refractivity contribution is -0.153. The van der Waals surface area contributed by atoms with E-state index in [2.05, 4.69) is 6.92 Å². The third-order valence-electron chi connectivity index (χ3n) is 4.07. The average Bonchev–Trinajstić information content (AvgIpc) is 2.64. The van der Waals surface area contributed by atoms with Crippen LogP contribution in [0.15, 0.2) is 23.3 Å². The predicted octanol–water partition coefficient (Wildman–Crippen LogP) is 1.78. The van der Waals surface area contributed by atoms with Gasteiger partial charge in [-0.05, 0) is 30.4 Å². The highest BCUT2D eigenvalue weighted by Crippen LogP contribution is 2.54. The molecule has 0 bridgehead atoms. The standard InChI is InChI=1S/C13H14O3/c1-7-3-4-10-8(2)5-9-6-11(14)16-13(9,10)12(7)15/h3-4,8-9H,5-6H2,1-2H3/t8-,9-,13+/m1/s1. The molecule has 3 nitrogen and oxygen atoms in total. The van der Waals surface area contributed by atoms with Gasteiger partial charge in [-0.15, -0.1) is 0 Å². The van der Waals surface area contributed by atoms with Gasteiger partial charge in [0.2, 0.25) is 5.78 Å². The molecule has 2 aliphatic carbocycles. The molecule has 0 unspecified atom stereocenters. The smallest absolute Gasteiger partial charge is 0.307 e. The first-order chi connectivity index (χ1) is 7.55. The Balaban J connectivity index is 2.18. The fraction of sp³-hybridized carbons (Fsp3) is 0.538. The van der Waals surface area contributed by atoms with Crippen LogP contribution in [0.5, 0.6) is 0 Å². The van der Waals surface area contributed by atoms with Crippen molar-refractivity contribution in [3.63, 3.8) is 0 Å². The quantitative estimate of drug-likeness (QED) is 0.582. The van der Waals surface area contributed by atoms with Gasteiger partial charge in [0.1, 0.15) is 0 Å². The van der Waals surface area contributed by atoms with Crippen LogP contribution in [0.3, 0.4) is 0 Å². The Kier molecular flexibility index (Phi) is 1.74. The van der Waals surface area contributed by atoms with Crippen LogP contribution in [0.1, 0.15) is 26.7 Å². The van der Waals surface area contributed by atoms with Crippen LogP contribution < -0.4 is 0 Å². The summed E-state index contributed by atoms with van der Waals surface area (Å²) in [4.78, 5) is 23.8. The van der Waals surface area contributed by atoms with Gasteiger partial charge in [-0.2, -0.15) is 0 Å². The van der Waals surface area contributed by atoms with Crippen LogP contribution in [0.25, 0.3) is 0 Å². The highest BCUT2D eigenvalue weighted by Gasteiger charge is 2.62. The minimum absolute atomic E-state index is 0.00907. The van der Waals surface area contributed by atoms with Crippen molar-refractivity contribution >= 4 is 11.8 Å². The fourth-order valence-electron chi connectivity index (χ4n) is 3.35. The normalized spacial score (nSPS) is 41.1. The van der Waals surface area contributed by atoms with Gasteiger partial charge in [0, 0.05) is 5.92 Å². The molecule has 0 radical (unpaired) electrons. The van der Waals surface area contributed by atoms with Crippen molar-refractivity contribution in [2.45, 2.75) is 32.3 Å². The molecular weight excluding hydrogens is 204 g/mol. The molecule has 3 heteroatoms. The maximum atomic E-state index is 12.3. The van der Waals surface area contributed by atoms with Crippen LogP contribution >= 0.6 is 0 Å². The van der Waals surface area contributed by atoms with E-state index in [-0.39, 0.29) is 17.7 Å². The van der Waals surface area contributed by atoms with Crippen LogP contribution in [0.2, 0.25) is 0 Å². The van der Waals surface area contributed by atoms with Crippen molar-refractivity contribution in [2.75, 3.05) is 0 Å². The van der Waals surface area contributed by atoms with E-state index < -0.39 is 5.60 Å². The number of hydrogen-bond donors (Lipinski definition) is 0. The first kappa shape index (κ1) is 9.82. The summed E-state index contributed by atoms with van der Waals surface area (Å²) in [5.74, 6) is 0.153. The molecule has 0 aromatic carbocycles. The SMILES string of the molecule is CC1=CC=C2[C@H](C)C[C@@H]3CC(=O)O[C@]23C1=O. The van der Waals surface area contributed by atoms with Crippen molar-refractivity contribution in [1.82, 2.24) is 0 Å². The van der Waals surface area contributed by atoms with E-state index in [9.17, 15) is 9.59 Å². The Morgan fingerprint density at radius 2 is 2.12 bits per heavy atom. The zero-order chi connectivity index (χ0) is 11.5. The van der Waals surface area contributed by atoms with Gasteiger partial charge in [-0.1, -0.05) is 19.1 Å². The number of carbonyl (C=O) groups is 2. The molecule has 1 heterocycles. The third kappa shape index (κ3) is 0.938. The summed E-state index contributed by atoms with van der Waals surface area (Å²) in [5, 5.41) is 0. The van der Waals surface area contributed by atoms with E-state index in [1.807, 2.05) is 12.2 Å². The van der Waals surface area contributed by atoms with Crippen LogP contribution in [0, 0.1) is 11.8 Å². The molecule has 2 fully saturated rings. The minimum Gasteiger partial charge on any atom is -0.446 e. The van der Waals surface area contributed by atoms with Crippen molar-refractivity contribution < 1.29 is 14.3 Å². The number of ether oxygens (including phenoxy) is 1. The van der Waals surface area contributed by atoms with Crippen molar-refractivity contribution in [1.29, 1.82) is 0 Å². The zero-order valence-electron chi connectivity index (χ0n) is 9.45. The monoisotopic (exact) mass is 218 g/mol. The van der Waals surface area contributed by atoms with Gasteiger partial charge >= 0.3 is 5.97 Å². The molecule has 84 valence electrons. The number of ketones is 1. The second kappa shape index (κ2) is 2.84. The topological polar surface area (TPSA) is 43.4 Å². The van der Waals surface area contributed by atoms with E-state index in [4.69, 9.17) is 4.74 Å². The Labute approximate surface area is 94.2 Å². The zero-order valence-corrected chi connectivity index (χ0v) is 9.45. The molecule has 0 aromatic heterocycles. The molecule has 1 saturated heterocycles. The molecule has 1 spiro atoms. The lowest BCUT2D eigenvalue weighted by Crippen LogP contribution is -2.44. The summed E-state index contributed by atoms with van der Waals surface area (Å²) < 4.78 is 5.43. The van der Waals surface area contributed by atoms with E-state index in [1.54, 1.807) is 6.92 Å². The number of allylic oxidation sites excluding steroid dienone is 2. The highest BCUT2D eigenvalue weighted by molar-refractivity contribution is 6.08. The Hall–Kier alpha value is -1.38. The van der Waals surface area contributed by atoms with E-state index in [0.29, 0.717) is 17.9 Å². The minimum atomic E-state index is -0.921. The Morgan fingerprint density at radius 1 is 1.38 bits per heavy atom. The van der Waals surface area contributed by atoms with Gasteiger partial charge in [-0.3, -0.25) is 9.59 Å². The van der Waals surface area contributed by atoms with Gasteiger partial charge in [0.05, 0.1) is 6.42 Å². The van der Waals surface area contributed by atoms with E-state index in [0.717, 1.165) is 12.0 Å². The molecular formula is C13H14O3. The molecule has 0 amide bonds. The Morgan fingerprint density at radius 3 is 2.88 bits per heavy atom. The molecule has 0 N–H and O–H groups in total. The van der Waals surface area contributed by atoms with Gasteiger partial charge in [-0.25, -0.2) is 0 Å². The number of esters is 1. The number of Topliss-reactive ketones (excluding diaryl/α,β-unsaturated/α-hetero) is 1. The largest absolute Gasteiger partial charge is 0.446 e. The molecule has 1 saturated carbocycles. The van der Waals surface area contributed by atoms with Crippen molar-refractivity contribution in [3.8, 4) is 0 Å². The maximum Gasteiger partial charge on any atom is 0.307 e. The first-order valence-corrected chi connectivity index (χ1v) is 5.71. The van der Waals surface area contributed by atoms with E-state index in [1.165, 1.54) is 0 Å². The summed E-state index contributed by atoms with van der Waals surface area (Å²) in [6, 6.07) is 0. The molecule has 3 rings (SSSR count). The number of hydrogen-bond acceptors (Lipinski definition) is 3. The summed E-state index contributed by atoms with van der Waals surface area (Å²) >= 11 is 0. The summed E-state index contributed by atoms with van der Waals surface area (Å²) in [6.07, 6.45) is 5.08. The lowest BCUT2D eigenvalue weighted by Gasteiger charge is -2.31. The van der Waals surface area contributed by atoms with Gasteiger partial charge < -0.3 is 4.74 Å². The maximum absolute atomic E-state index is 12.3.